The van der Waals surface area contributed by atoms with Crippen LogP contribution in [0.15, 0.2) is 65.6 Å². The van der Waals surface area contributed by atoms with E-state index in [0.29, 0.717) is 5.69 Å². The van der Waals surface area contributed by atoms with Gasteiger partial charge in [0.25, 0.3) is 15.9 Å². The van der Waals surface area contributed by atoms with Crippen LogP contribution in [0.25, 0.3) is 10.9 Å². The topological polar surface area (TPSA) is 77.5 Å². The molecule has 3 aromatic carbocycles. The molecule has 1 aromatic heterocycles. The molecule has 4 aromatic rings. The van der Waals surface area contributed by atoms with Crippen LogP contribution in [0.1, 0.15) is 18.2 Å². The zero-order valence-corrected chi connectivity index (χ0v) is 20.1. The molecular formula is C25H20F4N2O4S. The number of aryl methyl sites for hydroxylation is 1. The van der Waals surface area contributed by atoms with Crippen molar-refractivity contribution in [2.75, 3.05) is 11.8 Å². The Morgan fingerprint density at radius 3 is 2.25 bits per heavy atom. The number of alkyl halides is 2. The highest BCUT2D eigenvalue weighted by molar-refractivity contribution is 7.92. The van der Waals surface area contributed by atoms with E-state index in [4.69, 9.17) is 9.47 Å². The third-order valence-corrected chi connectivity index (χ3v) is 6.62. The lowest BCUT2D eigenvalue weighted by molar-refractivity contribution is 0.0189. The molecule has 1 N–H and O–H groups in total. The average molecular weight is 521 g/mol. The third-order valence-electron chi connectivity index (χ3n) is 5.24. The Labute approximate surface area is 204 Å². The summed E-state index contributed by atoms with van der Waals surface area (Å²) in [7, 11) is -2.99. The van der Waals surface area contributed by atoms with Crippen molar-refractivity contribution in [3.63, 3.8) is 0 Å². The van der Waals surface area contributed by atoms with Crippen LogP contribution >= 0.6 is 0 Å². The van der Waals surface area contributed by atoms with Crippen molar-refractivity contribution < 1.29 is 35.5 Å². The molecule has 36 heavy (non-hydrogen) atoms. The number of halogens is 4. The van der Waals surface area contributed by atoms with Gasteiger partial charge in [0.2, 0.25) is 0 Å². The number of hydrogen-bond acceptors (Lipinski definition) is 5. The predicted molar refractivity (Wildman–Crippen MR) is 126 cm³/mol. The fourth-order valence-corrected chi connectivity index (χ4v) is 4.63. The fraction of sp³-hybridized carbons (Fsp3) is 0.160. The Balaban J connectivity index is 1.64. The maximum absolute atomic E-state index is 14.9. The van der Waals surface area contributed by atoms with E-state index in [0.717, 1.165) is 31.2 Å². The summed E-state index contributed by atoms with van der Waals surface area (Å²) >= 11 is 0. The number of aromatic nitrogens is 1. The first kappa shape index (κ1) is 25.2. The van der Waals surface area contributed by atoms with Crippen LogP contribution in [-0.4, -0.2) is 20.5 Å². The second-order valence-electron chi connectivity index (χ2n) is 8.00. The summed E-state index contributed by atoms with van der Waals surface area (Å²) in [4.78, 5) is 3.82. The Kier molecular flexibility index (Phi) is 6.52. The van der Waals surface area contributed by atoms with Gasteiger partial charge in [-0.15, -0.1) is 0 Å². The molecule has 0 amide bonds. The lowest BCUT2D eigenvalue weighted by Crippen LogP contribution is -2.13. The minimum atomic E-state index is -4.23. The van der Waals surface area contributed by atoms with Crippen LogP contribution in [0.4, 0.5) is 23.2 Å². The highest BCUT2D eigenvalue weighted by Gasteiger charge is 2.28. The highest BCUT2D eigenvalue weighted by atomic mass is 32.2. The van der Waals surface area contributed by atoms with Gasteiger partial charge in [-0.2, -0.15) is 0 Å². The molecular weight excluding hydrogens is 500 g/mol. The van der Waals surface area contributed by atoms with Gasteiger partial charge >= 0.3 is 0 Å². The largest absolute Gasteiger partial charge is 0.494 e. The average Bonchev–Trinajstić information content (AvgIpc) is 2.79. The van der Waals surface area contributed by atoms with Gasteiger partial charge in [0, 0.05) is 35.7 Å². The number of nitrogens with zero attached hydrogens (tertiary/aromatic N) is 1. The molecule has 6 nitrogen and oxygen atoms in total. The molecule has 11 heteroatoms. The van der Waals surface area contributed by atoms with E-state index in [9.17, 15) is 26.0 Å². The van der Waals surface area contributed by atoms with Crippen LogP contribution in [0.5, 0.6) is 17.2 Å². The van der Waals surface area contributed by atoms with E-state index in [2.05, 4.69) is 9.71 Å². The lowest BCUT2D eigenvalue weighted by atomic mass is 10.0. The van der Waals surface area contributed by atoms with Gasteiger partial charge in [-0.25, -0.2) is 26.0 Å². The molecule has 0 fully saturated rings. The summed E-state index contributed by atoms with van der Waals surface area (Å²) < 4.78 is 94.8. The van der Waals surface area contributed by atoms with E-state index in [-0.39, 0.29) is 44.3 Å². The van der Waals surface area contributed by atoms with Crippen molar-refractivity contribution in [3.8, 4) is 17.2 Å². The van der Waals surface area contributed by atoms with Crippen molar-refractivity contribution in [1.29, 1.82) is 0 Å². The second kappa shape index (κ2) is 9.30. The normalized spacial score (nSPS) is 12.0. The number of ether oxygens (including phenoxy) is 2. The number of sulfonamides is 1. The monoisotopic (exact) mass is 520 g/mol. The molecule has 188 valence electrons. The van der Waals surface area contributed by atoms with Gasteiger partial charge in [0.05, 0.1) is 23.2 Å². The minimum absolute atomic E-state index is 0.0245. The third kappa shape index (κ3) is 5.06. The first-order chi connectivity index (χ1) is 16.9. The maximum atomic E-state index is 14.9. The van der Waals surface area contributed by atoms with Gasteiger partial charge in [-0.3, -0.25) is 9.71 Å². The SMILES string of the molecule is COc1ccc(S(=O)(=O)Nc2ccc(Oc3cc(C)nc4c(C(C)(F)F)cccc34)c(F)c2)cc1F. The molecule has 0 spiro atoms. The van der Waals surface area contributed by atoms with Crippen molar-refractivity contribution in [2.45, 2.75) is 24.7 Å². The molecule has 4 rings (SSSR count). The van der Waals surface area contributed by atoms with E-state index < -0.39 is 27.6 Å². The lowest BCUT2D eigenvalue weighted by Gasteiger charge is -2.16. The van der Waals surface area contributed by atoms with Crippen molar-refractivity contribution in [2.24, 2.45) is 0 Å². The van der Waals surface area contributed by atoms with Gasteiger partial charge < -0.3 is 9.47 Å². The van der Waals surface area contributed by atoms with Crippen molar-refractivity contribution in [3.05, 3.63) is 83.6 Å². The van der Waals surface area contributed by atoms with Crippen molar-refractivity contribution >= 4 is 26.6 Å². The predicted octanol–water partition coefficient (Wildman–Crippen LogP) is 6.53. The molecule has 0 saturated heterocycles. The summed E-state index contributed by atoms with van der Waals surface area (Å²) in [5.74, 6) is -5.25. The van der Waals surface area contributed by atoms with Crippen LogP contribution in [0.3, 0.4) is 0 Å². The van der Waals surface area contributed by atoms with E-state index in [1.807, 2.05) is 0 Å². The van der Waals surface area contributed by atoms with E-state index in [1.165, 1.54) is 43.5 Å². The van der Waals surface area contributed by atoms with E-state index in [1.54, 1.807) is 6.92 Å². The second-order valence-corrected chi connectivity index (χ2v) is 9.68. The summed E-state index contributed by atoms with van der Waals surface area (Å²) in [6.07, 6.45) is 0. The van der Waals surface area contributed by atoms with Gasteiger partial charge in [0.15, 0.2) is 23.1 Å². The quantitative estimate of drug-likeness (QED) is 0.280. The van der Waals surface area contributed by atoms with E-state index >= 15 is 0 Å². The number of anilines is 1. The molecule has 0 aliphatic carbocycles. The Bertz CT molecular complexity index is 1570. The number of pyridine rings is 1. The summed E-state index contributed by atoms with van der Waals surface area (Å²) in [6.45, 7) is 2.35. The number of rotatable bonds is 7. The smallest absolute Gasteiger partial charge is 0.272 e. The van der Waals surface area contributed by atoms with Gasteiger partial charge in [-0.05, 0) is 43.3 Å². The number of nitrogens with one attached hydrogen (secondary N) is 1. The Hall–Kier alpha value is -3.86. The number of benzene rings is 3. The molecule has 0 bridgehead atoms. The maximum Gasteiger partial charge on any atom is 0.272 e. The summed E-state index contributed by atoms with van der Waals surface area (Å²) in [5.41, 5.74) is -0.0317. The highest BCUT2D eigenvalue weighted by Crippen LogP contribution is 2.38. The summed E-state index contributed by atoms with van der Waals surface area (Å²) in [5, 5.41) is 0.255. The molecule has 0 atom stereocenters. The molecule has 0 unspecified atom stereocenters. The molecule has 1 heterocycles. The molecule has 0 aliphatic rings. The van der Waals surface area contributed by atoms with Crippen LogP contribution < -0.4 is 14.2 Å². The number of methoxy groups -OCH3 is 1. The Morgan fingerprint density at radius 1 is 0.917 bits per heavy atom. The first-order valence-corrected chi connectivity index (χ1v) is 12.0. The fourth-order valence-electron chi connectivity index (χ4n) is 3.57. The van der Waals surface area contributed by atoms with Gasteiger partial charge in [-0.1, -0.05) is 12.1 Å². The first-order valence-electron chi connectivity index (χ1n) is 10.5. The zero-order chi connectivity index (χ0) is 26.3. The number of hydrogen-bond donors (Lipinski definition) is 1. The minimum Gasteiger partial charge on any atom is -0.494 e. The Morgan fingerprint density at radius 2 is 1.61 bits per heavy atom. The van der Waals surface area contributed by atoms with Crippen molar-refractivity contribution in [1.82, 2.24) is 4.98 Å². The standard InChI is InChI=1S/C25H20F4N2O4S/c1-14-11-23(17-5-4-6-18(24(17)30-14)25(2,28)29)35-22-9-7-15(12-19(22)26)31-36(32,33)16-8-10-21(34-3)20(27)13-16/h4-13,31H,1-3H3. The van der Waals surface area contributed by atoms with Gasteiger partial charge in [0.1, 0.15) is 5.75 Å². The molecule has 0 radical (unpaired) electrons. The summed E-state index contributed by atoms with van der Waals surface area (Å²) in [6, 6.07) is 12.1. The van der Waals surface area contributed by atoms with Crippen LogP contribution in [-0.2, 0) is 15.9 Å². The number of fused-ring (bicyclic) bond motifs is 1. The number of para-hydroxylation sites is 1. The van der Waals surface area contributed by atoms with Crippen LogP contribution in [0, 0.1) is 18.6 Å². The molecule has 0 saturated carbocycles. The molecule has 0 aliphatic heterocycles. The van der Waals surface area contributed by atoms with Crippen LogP contribution in [0.2, 0.25) is 0 Å². The zero-order valence-electron chi connectivity index (χ0n) is 19.3.